The second-order valence-electron chi connectivity index (χ2n) is 2.99. The van der Waals surface area contributed by atoms with Crippen LogP contribution in [-0.2, 0) is 9.59 Å². The van der Waals surface area contributed by atoms with E-state index in [9.17, 15) is 9.59 Å². The Balaban J connectivity index is 2.45. The molecular formula is C8H14N2O2. The van der Waals surface area contributed by atoms with Gasteiger partial charge in [-0.15, -0.1) is 0 Å². The number of amides is 2. The summed E-state index contributed by atoms with van der Waals surface area (Å²) in [6, 6.07) is 0. The summed E-state index contributed by atoms with van der Waals surface area (Å²) in [6.07, 6.45) is 1.90. The van der Waals surface area contributed by atoms with E-state index in [1.165, 1.54) is 0 Å². The summed E-state index contributed by atoms with van der Waals surface area (Å²) in [5.41, 5.74) is 0. The molecule has 0 bridgehead atoms. The average molecular weight is 170 g/mol. The van der Waals surface area contributed by atoms with Crippen LogP contribution < -0.4 is 10.6 Å². The summed E-state index contributed by atoms with van der Waals surface area (Å²) >= 11 is 0. The van der Waals surface area contributed by atoms with Crippen LogP contribution >= 0.6 is 0 Å². The molecule has 4 heteroatoms. The van der Waals surface area contributed by atoms with Crippen molar-refractivity contribution in [3.8, 4) is 0 Å². The van der Waals surface area contributed by atoms with Crippen molar-refractivity contribution >= 4 is 11.8 Å². The third-order valence-electron chi connectivity index (χ3n) is 2.15. The van der Waals surface area contributed by atoms with Crippen LogP contribution in [0.3, 0.4) is 0 Å². The first kappa shape index (κ1) is 9.03. The molecule has 68 valence electrons. The van der Waals surface area contributed by atoms with Gasteiger partial charge in [0.05, 0.1) is 0 Å². The lowest BCUT2D eigenvalue weighted by Crippen LogP contribution is -2.28. The van der Waals surface area contributed by atoms with E-state index in [-0.39, 0.29) is 17.7 Å². The van der Waals surface area contributed by atoms with Gasteiger partial charge in [0.25, 0.3) is 0 Å². The van der Waals surface area contributed by atoms with Crippen LogP contribution in [0.2, 0.25) is 0 Å². The summed E-state index contributed by atoms with van der Waals surface area (Å²) in [7, 11) is 1.63. The highest BCUT2D eigenvalue weighted by atomic mass is 16.2. The molecule has 1 atom stereocenters. The Hall–Kier alpha value is -1.06. The summed E-state index contributed by atoms with van der Waals surface area (Å²) < 4.78 is 0. The molecule has 12 heavy (non-hydrogen) atoms. The molecule has 1 fully saturated rings. The van der Waals surface area contributed by atoms with Crippen LogP contribution in [0.1, 0.15) is 19.3 Å². The number of rotatable bonds is 1. The van der Waals surface area contributed by atoms with Crippen LogP contribution in [-0.4, -0.2) is 25.4 Å². The highest BCUT2D eigenvalue weighted by Crippen LogP contribution is 2.13. The third kappa shape index (κ3) is 2.22. The van der Waals surface area contributed by atoms with Crippen LogP contribution in [0, 0.1) is 5.92 Å². The molecule has 0 radical (unpaired) electrons. The number of carbonyl (C=O) groups is 2. The molecule has 1 heterocycles. The zero-order valence-electron chi connectivity index (χ0n) is 7.22. The van der Waals surface area contributed by atoms with Crippen molar-refractivity contribution in [1.29, 1.82) is 0 Å². The minimum atomic E-state index is 0.00829. The monoisotopic (exact) mass is 170 g/mol. The topological polar surface area (TPSA) is 58.2 Å². The number of hydrogen-bond donors (Lipinski definition) is 2. The van der Waals surface area contributed by atoms with Gasteiger partial charge in [0.15, 0.2) is 0 Å². The van der Waals surface area contributed by atoms with Crippen molar-refractivity contribution in [3.05, 3.63) is 0 Å². The van der Waals surface area contributed by atoms with Gasteiger partial charge < -0.3 is 10.6 Å². The Morgan fingerprint density at radius 3 is 3.00 bits per heavy atom. The molecule has 0 spiro atoms. The lowest BCUT2D eigenvalue weighted by Gasteiger charge is -2.09. The zero-order valence-corrected chi connectivity index (χ0v) is 7.22. The first-order valence-corrected chi connectivity index (χ1v) is 4.22. The molecule has 0 aromatic heterocycles. The fourth-order valence-corrected chi connectivity index (χ4v) is 1.39. The predicted molar refractivity (Wildman–Crippen MR) is 44.4 cm³/mol. The first-order valence-electron chi connectivity index (χ1n) is 4.22. The van der Waals surface area contributed by atoms with E-state index in [1.807, 2.05) is 0 Å². The highest BCUT2D eigenvalue weighted by Gasteiger charge is 2.21. The Labute approximate surface area is 71.7 Å². The fraction of sp³-hybridized carbons (Fsp3) is 0.750. The van der Waals surface area contributed by atoms with Crippen LogP contribution in [0.15, 0.2) is 0 Å². The van der Waals surface area contributed by atoms with Crippen molar-refractivity contribution < 1.29 is 9.59 Å². The van der Waals surface area contributed by atoms with E-state index in [1.54, 1.807) is 7.05 Å². The summed E-state index contributed by atoms with van der Waals surface area (Å²) in [4.78, 5) is 22.1. The molecule has 1 rings (SSSR count). The van der Waals surface area contributed by atoms with Gasteiger partial charge in [0, 0.05) is 25.9 Å². The van der Waals surface area contributed by atoms with Crippen molar-refractivity contribution in [3.63, 3.8) is 0 Å². The van der Waals surface area contributed by atoms with E-state index >= 15 is 0 Å². The zero-order chi connectivity index (χ0) is 8.97. The maximum atomic E-state index is 11.2. The first-order chi connectivity index (χ1) is 5.74. The van der Waals surface area contributed by atoms with Gasteiger partial charge in [-0.1, -0.05) is 0 Å². The normalized spacial score (nSPS) is 24.1. The molecule has 1 unspecified atom stereocenters. The maximum absolute atomic E-state index is 11.2. The van der Waals surface area contributed by atoms with Gasteiger partial charge in [-0.05, 0) is 12.8 Å². The molecule has 4 nitrogen and oxygen atoms in total. The van der Waals surface area contributed by atoms with Crippen LogP contribution in [0.5, 0.6) is 0 Å². The second kappa shape index (κ2) is 4.09. The van der Waals surface area contributed by atoms with Gasteiger partial charge in [0.2, 0.25) is 11.8 Å². The summed E-state index contributed by atoms with van der Waals surface area (Å²) in [5, 5.41) is 5.33. The van der Waals surface area contributed by atoms with Gasteiger partial charge in [-0.3, -0.25) is 9.59 Å². The average Bonchev–Trinajstić information content (AvgIpc) is 2.29. The van der Waals surface area contributed by atoms with Gasteiger partial charge >= 0.3 is 0 Å². The minimum Gasteiger partial charge on any atom is -0.359 e. The number of carbonyl (C=O) groups excluding carboxylic acids is 2. The standard InChI is InChI=1S/C8H14N2O2/c1-9-8(12)6-2-3-7(11)10-5-4-6/h6H,2-5H2,1H3,(H,9,12)(H,10,11). The third-order valence-corrected chi connectivity index (χ3v) is 2.15. The van der Waals surface area contributed by atoms with Gasteiger partial charge in [0.1, 0.15) is 0 Å². The quantitative estimate of drug-likeness (QED) is 0.565. The molecule has 1 saturated heterocycles. The molecular weight excluding hydrogens is 156 g/mol. The Morgan fingerprint density at radius 1 is 1.58 bits per heavy atom. The molecule has 2 N–H and O–H groups in total. The largest absolute Gasteiger partial charge is 0.359 e. The van der Waals surface area contributed by atoms with E-state index in [0.29, 0.717) is 19.4 Å². The summed E-state index contributed by atoms with van der Waals surface area (Å²) in [6.45, 7) is 0.622. The van der Waals surface area contributed by atoms with E-state index in [0.717, 1.165) is 6.42 Å². The second-order valence-corrected chi connectivity index (χ2v) is 2.99. The molecule has 2 amide bonds. The molecule has 0 aromatic carbocycles. The van der Waals surface area contributed by atoms with E-state index in [4.69, 9.17) is 0 Å². The lowest BCUT2D eigenvalue weighted by atomic mass is 10.00. The SMILES string of the molecule is CNC(=O)C1CCNC(=O)CC1. The van der Waals surface area contributed by atoms with E-state index < -0.39 is 0 Å². The number of hydrogen-bond acceptors (Lipinski definition) is 2. The smallest absolute Gasteiger partial charge is 0.222 e. The fourth-order valence-electron chi connectivity index (χ4n) is 1.39. The molecule has 0 aliphatic carbocycles. The Bertz CT molecular complexity index is 191. The van der Waals surface area contributed by atoms with Crippen LogP contribution in [0.4, 0.5) is 0 Å². The van der Waals surface area contributed by atoms with Crippen molar-refractivity contribution in [2.75, 3.05) is 13.6 Å². The lowest BCUT2D eigenvalue weighted by molar-refractivity contribution is -0.124. The minimum absolute atomic E-state index is 0.00829. The molecule has 1 aliphatic heterocycles. The summed E-state index contributed by atoms with van der Waals surface area (Å²) in [5.74, 6) is 0.113. The van der Waals surface area contributed by atoms with Gasteiger partial charge in [-0.25, -0.2) is 0 Å². The Kier molecular flexibility index (Phi) is 3.08. The highest BCUT2D eigenvalue weighted by molar-refractivity contribution is 5.81. The van der Waals surface area contributed by atoms with Crippen LogP contribution in [0.25, 0.3) is 0 Å². The van der Waals surface area contributed by atoms with Crippen molar-refractivity contribution in [2.24, 2.45) is 5.92 Å². The predicted octanol–water partition coefficient (Wildman–Crippen LogP) is -0.351. The van der Waals surface area contributed by atoms with Crippen molar-refractivity contribution in [2.45, 2.75) is 19.3 Å². The maximum Gasteiger partial charge on any atom is 0.222 e. The van der Waals surface area contributed by atoms with Crippen molar-refractivity contribution in [1.82, 2.24) is 10.6 Å². The molecule has 1 aliphatic rings. The number of nitrogens with one attached hydrogen (secondary N) is 2. The Morgan fingerprint density at radius 2 is 2.33 bits per heavy atom. The molecule has 0 saturated carbocycles. The van der Waals surface area contributed by atoms with Gasteiger partial charge in [-0.2, -0.15) is 0 Å². The molecule has 0 aromatic rings. The van der Waals surface area contributed by atoms with E-state index in [2.05, 4.69) is 10.6 Å².